The van der Waals surface area contributed by atoms with Gasteiger partial charge in [0.2, 0.25) is 0 Å². The van der Waals surface area contributed by atoms with Crippen LogP contribution in [0.1, 0.15) is 43.5 Å². The van der Waals surface area contributed by atoms with E-state index in [4.69, 9.17) is 0 Å². The zero-order chi connectivity index (χ0) is 18.1. The number of para-hydroxylation sites is 1. The molecule has 0 aliphatic heterocycles. The van der Waals surface area contributed by atoms with Crippen molar-refractivity contribution < 1.29 is 5.11 Å². The molecule has 0 bridgehead atoms. The van der Waals surface area contributed by atoms with E-state index in [1.54, 1.807) is 6.07 Å². The number of rotatable bonds is 1. The first-order valence-electron chi connectivity index (χ1n) is 9.33. The van der Waals surface area contributed by atoms with Crippen LogP contribution in [0.5, 0.6) is 5.75 Å². The van der Waals surface area contributed by atoms with Gasteiger partial charge in [-0.1, -0.05) is 39.0 Å². The monoisotopic (exact) mass is 344 g/mol. The van der Waals surface area contributed by atoms with Gasteiger partial charge in [-0.3, -0.25) is 0 Å². The van der Waals surface area contributed by atoms with E-state index in [1.165, 1.54) is 33.1 Å². The molecule has 4 aromatic rings. The van der Waals surface area contributed by atoms with Gasteiger partial charge >= 0.3 is 0 Å². The van der Waals surface area contributed by atoms with Crippen molar-refractivity contribution in [2.24, 2.45) is 11.3 Å². The number of hydrogen-bond acceptors (Lipinski definition) is 1. The third kappa shape index (κ3) is 2.13. The number of aromatic amines is 2. The quantitative estimate of drug-likeness (QED) is 0.407. The van der Waals surface area contributed by atoms with Crippen molar-refractivity contribution >= 4 is 21.8 Å². The Morgan fingerprint density at radius 2 is 1.81 bits per heavy atom. The molecule has 1 aliphatic carbocycles. The maximum absolute atomic E-state index is 9.87. The van der Waals surface area contributed by atoms with Gasteiger partial charge in [0.25, 0.3) is 0 Å². The van der Waals surface area contributed by atoms with Crippen LogP contribution in [0.3, 0.4) is 0 Å². The molecule has 1 aliphatic rings. The van der Waals surface area contributed by atoms with E-state index in [9.17, 15) is 5.11 Å². The Morgan fingerprint density at radius 3 is 2.62 bits per heavy atom. The molecule has 132 valence electrons. The van der Waals surface area contributed by atoms with Gasteiger partial charge in [0.05, 0.1) is 0 Å². The third-order valence-corrected chi connectivity index (χ3v) is 6.13. The van der Waals surface area contributed by atoms with E-state index < -0.39 is 0 Å². The molecular formula is C23H24N2O. The Kier molecular flexibility index (Phi) is 3.09. The minimum Gasteiger partial charge on any atom is -0.508 e. The lowest BCUT2D eigenvalue weighted by Crippen LogP contribution is -2.25. The summed E-state index contributed by atoms with van der Waals surface area (Å²) in [4.78, 5) is 7.10. The number of hydrogen-bond donors (Lipinski definition) is 3. The lowest BCUT2D eigenvalue weighted by molar-refractivity contribution is 0.229. The minimum absolute atomic E-state index is 0.201. The van der Waals surface area contributed by atoms with Crippen molar-refractivity contribution in [2.75, 3.05) is 0 Å². The fraction of sp³-hybridized carbons (Fsp3) is 0.304. The zero-order valence-corrected chi connectivity index (χ0v) is 15.4. The fourth-order valence-electron chi connectivity index (χ4n) is 4.82. The Morgan fingerprint density at radius 1 is 1.00 bits per heavy atom. The molecule has 0 radical (unpaired) electrons. The van der Waals surface area contributed by atoms with Crippen LogP contribution < -0.4 is 0 Å². The van der Waals surface area contributed by atoms with Gasteiger partial charge in [0.15, 0.2) is 0 Å². The highest BCUT2D eigenvalue weighted by Gasteiger charge is 2.43. The fourth-order valence-corrected chi connectivity index (χ4v) is 4.82. The van der Waals surface area contributed by atoms with Crippen LogP contribution in [-0.2, 0) is 6.42 Å². The first-order valence-corrected chi connectivity index (χ1v) is 9.33. The third-order valence-electron chi connectivity index (χ3n) is 6.13. The zero-order valence-electron chi connectivity index (χ0n) is 15.4. The topological polar surface area (TPSA) is 51.8 Å². The summed E-state index contributed by atoms with van der Waals surface area (Å²) >= 11 is 0. The van der Waals surface area contributed by atoms with Gasteiger partial charge in [0, 0.05) is 45.7 Å². The maximum atomic E-state index is 9.87. The van der Waals surface area contributed by atoms with Crippen LogP contribution in [0.15, 0.2) is 48.7 Å². The van der Waals surface area contributed by atoms with Gasteiger partial charge in [-0.25, -0.2) is 0 Å². The molecule has 2 aromatic heterocycles. The van der Waals surface area contributed by atoms with E-state index in [2.05, 4.69) is 67.3 Å². The van der Waals surface area contributed by atoms with Gasteiger partial charge < -0.3 is 15.1 Å². The number of phenols is 1. The summed E-state index contributed by atoms with van der Waals surface area (Å²) in [5.41, 5.74) is 6.52. The van der Waals surface area contributed by atoms with Gasteiger partial charge in [0.1, 0.15) is 5.75 Å². The largest absolute Gasteiger partial charge is 0.508 e. The van der Waals surface area contributed by atoms with Crippen LogP contribution >= 0.6 is 0 Å². The van der Waals surface area contributed by atoms with Crippen molar-refractivity contribution in [3.63, 3.8) is 0 Å². The van der Waals surface area contributed by atoms with E-state index in [0.717, 1.165) is 11.9 Å². The molecule has 3 nitrogen and oxygen atoms in total. The molecule has 0 spiro atoms. The SMILES string of the molecule is CC(C)(C)[C@H]1Cc2c([nH]c3cc(O)ccc23)[C@@H]1c1c[nH]c2ccccc12. The minimum atomic E-state index is 0.201. The number of aromatic hydroxyl groups is 1. The number of nitrogens with one attached hydrogen (secondary N) is 2. The van der Waals surface area contributed by atoms with Crippen LogP contribution in [0.2, 0.25) is 0 Å². The predicted molar refractivity (Wildman–Crippen MR) is 107 cm³/mol. The van der Waals surface area contributed by atoms with Crippen LogP contribution in [-0.4, -0.2) is 15.1 Å². The van der Waals surface area contributed by atoms with Crippen LogP contribution in [0.25, 0.3) is 21.8 Å². The summed E-state index contributed by atoms with van der Waals surface area (Å²) in [7, 11) is 0. The first kappa shape index (κ1) is 15.6. The standard InChI is InChI=1S/C23H24N2O/c1-23(2,3)18-11-16-15-9-8-13(26)10-20(15)25-22(16)21(18)17-12-24-19-7-5-4-6-14(17)19/h4-10,12,18,21,24-26H,11H2,1-3H3/t18-,21+/m0/s1. The lowest BCUT2D eigenvalue weighted by atomic mass is 9.72. The van der Waals surface area contributed by atoms with Crippen molar-refractivity contribution in [2.45, 2.75) is 33.1 Å². The molecule has 3 N–H and O–H groups in total. The molecule has 2 aromatic carbocycles. The molecule has 0 saturated heterocycles. The Hall–Kier alpha value is -2.68. The van der Waals surface area contributed by atoms with Crippen LogP contribution in [0.4, 0.5) is 0 Å². The second kappa shape index (κ2) is 5.16. The number of aromatic nitrogens is 2. The molecule has 0 unspecified atom stereocenters. The van der Waals surface area contributed by atoms with Gasteiger partial charge in [-0.15, -0.1) is 0 Å². The highest BCUT2D eigenvalue weighted by atomic mass is 16.3. The molecule has 5 rings (SSSR count). The smallest absolute Gasteiger partial charge is 0.117 e. The number of H-pyrrole nitrogens is 2. The molecule has 3 heteroatoms. The molecule has 26 heavy (non-hydrogen) atoms. The second-order valence-corrected chi connectivity index (χ2v) is 8.69. The Labute approximate surface area is 153 Å². The summed E-state index contributed by atoms with van der Waals surface area (Å²) in [6.45, 7) is 7.04. The van der Waals surface area contributed by atoms with E-state index >= 15 is 0 Å². The second-order valence-electron chi connectivity index (χ2n) is 8.69. The Balaban J connectivity index is 1.77. The Bertz CT molecular complexity index is 1130. The van der Waals surface area contributed by atoms with Gasteiger partial charge in [-0.2, -0.15) is 0 Å². The van der Waals surface area contributed by atoms with Crippen molar-refractivity contribution in [1.82, 2.24) is 9.97 Å². The van der Waals surface area contributed by atoms with Gasteiger partial charge in [-0.05, 0) is 47.1 Å². The van der Waals surface area contributed by atoms with Crippen molar-refractivity contribution in [3.05, 3.63) is 65.5 Å². The highest BCUT2D eigenvalue weighted by Crippen LogP contribution is 2.52. The molecular weight excluding hydrogens is 320 g/mol. The van der Waals surface area contributed by atoms with Crippen molar-refractivity contribution in [3.8, 4) is 5.75 Å². The molecule has 2 heterocycles. The molecule has 0 fully saturated rings. The normalized spacial score (nSPS) is 20.1. The first-order chi connectivity index (χ1) is 12.4. The summed E-state index contributed by atoms with van der Waals surface area (Å²) in [5.74, 6) is 1.17. The lowest BCUT2D eigenvalue weighted by Gasteiger charge is -2.32. The number of phenolic OH excluding ortho intramolecular Hbond substituents is 1. The average Bonchev–Trinajstić information content (AvgIpc) is 3.24. The number of fused-ring (bicyclic) bond motifs is 4. The molecule has 2 atom stereocenters. The predicted octanol–water partition coefficient (Wildman–Crippen LogP) is 5.71. The summed E-state index contributed by atoms with van der Waals surface area (Å²) in [6, 6.07) is 14.2. The molecule has 0 saturated carbocycles. The number of benzene rings is 2. The average molecular weight is 344 g/mol. The maximum Gasteiger partial charge on any atom is 0.117 e. The van der Waals surface area contributed by atoms with Crippen molar-refractivity contribution in [1.29, 1.82) is 0 Å². The highest BCUT2D eigenvalue weighted by molar-refractivity contribution is 5.89. The molecule has 0 amide bonds. The summed E-state index contributed by atoms with van der Waals surface area (Å²) in [5, 5.41) is 12.4. The van der Waals surface area contributed by atoms with E-state index in [1.807, 2.05) is 6.07 Å². The van der Waals surface area contributed by atoms with E-state index in [0.29, 0.717) is 17.6 Å². The van der Waals surface area contributed by atoms with Crippen LogP contribution in [0, 0.1) is 11.3 Å². The van der Waals surface area contributed by atoms with E-state index in [-0.39, 0.29) is 5.41 Å². The summed E-state index contributed by atoms with van der Waals surface area (Å²) in [6.07, 6.45) is 3.25. The summed E-state index contributed by atoms with van der Waals surface area (Å²) < 4.78 is 0.